The largest absolute Gasteiger partial charge is 0.368 e. The third-order valence-corrected chi connectivity index (χ3v) is 3.35. The molecule has 88 valence electrons. The summed E-state index contributed by atoms with van der Waals surface area (Å²) in [6.45, 7) is 4.16. The fourth-order valence-electron chi connectivity index (χ4n) is 1.54. The maximum Gasteiger partial charge on any atom is 0.235 e. The van der Waals surface area contributed by atoms with Crippen molar-refractivity contribution >= 4 is 17.7 Å². The fourth-order valence-corrected chi connectivity index (χ4v) is 2.48. The summed E-state index contributed by atoms with van der Waals surface area (Å²) in [5.74, 6) is 0.999. The molecule has 0 aliphatic carbocycles. The zero-order valence-corrected chi connectivity index (χ0v) is 10.5. The number of carbonyl (C=O) groups excluding carboxylic acids is 1. The van der Waals surface area contributed by atoms with Gasteiger partial charge in [0, 0.05) is 11.5 Å². The monoisotopic (exact) mass is 238 g/mol. The first-order chi connectivity index (χ1) is 7.49. The average molecular weight is 238 g/mol. The Morgan fingerprint density at radius 3 is 2.38 bits per heavy atom. The second kappa shape index (κ2) is 5.92. The van der Waals surface area contributed by atoms with Crippen molar-refractivity contribution in [3.8, 4) is 0 Å². The van der Waals surface area contributed by atoms with Crippen molar-refractivity contribution in [3.63, 3.8) is 0 Å². The van der Waals surface area contributed by atoms with Crippen LogP contribution in [-0.4, -0.2) is 17.7 Å². The van der Waals surface area contributed by atoms with E-state index < -0.39 is 11.9 Å². The SMILES string of the molecule is Cc1cc(C)cc(CSCC(N)C(N)=O)c1. The van der Waals surface area contributed by atoms with Crippen LogP contribution < -0.4 is 11.5 Å². The van der Waals surface area contributed by atoms with Gasteiger partial charge in [-0.15, -0.1) is 0 Å². The summed E-state index contributed by atoms with van der Waals surface area (Å²) in [6, 6.07) is 5.89. The minimum absolute atomic E-state index is 0.437. The molecular weight excluding hydrogens is 220 g/mol. The van der Waals surface area contributed by atoms with Crippen molar-refractivity contribution in [2.24, 2.45) is 11.5 Å². The van der Waals surface area contributed by atoms with Crippen molar-refractivity contribution in [3.05, 3.63) is 34.9 Å². The van der Waals surface area contributed by atoms with Gasteiger partial charge in [0.1, 0.15) is 0 Å². The first-order valence-corrected chi connectivity index (χ1v) is 6.34. The number of hydrogen-bond donors (Lipinski definition) is 2. The molecule has 0 saturated heterocycles. The lowest BCUT2D eigenvalue weighted by atomic mass is 10.1. The van der Waals surface area contributed by atoms with Crippen molar-refractivity contribution < 1.29 is 4.79 Å². The molecule has 1 rings (SSSR count). The predicted octanol–water partition coefficient (Wildman–Crippen LogP) is 1.35. The van der Waals surface area contributed by atoms with Gasteiger partial charge in [-0.2, -0.15) is 11.8 Å². The molecule has 0 saturated carbocycles. The summed E-state index contributed by atoms with van der Waals surface area (Å²) >= 11 is 1.63. The Balaban J connectivity index is 2.46. The Labute approximate surface area is 101 Å². The minimum Gasteiger partial charge on any atom is -0.368 e. The van der Waals surface area contributed by atoms with Gasteiger partial charge in [-0.05, 0) is 19.4 Å². The normalized spacial score (nSPS) is 12.4. The number of aryl methyl sites for hydroxylation is 2. The van der Waals surface area contributed by atoms with Gasteiger partial charge in [0.15, 0.2) is 0 Å². The third-order valence-electron chi connectivity index (χ3n) is 2.21. The van der Waals surface area contributed by atoms with Gasteiger partial charge < -0.3 is 11.5 Å². The summed E-state index contributed by atoms with van der Waals surface area (Å²) in [4.78, 5) is 10.7. The summed E-state index contributed by atoms with van der Waals surface area (Å²) in [7, 11) is 0. The number of benzene rings is 1. The van der Waals surface area contributed by atoms with Gasteiger partial charge in [-0.25, -0.2) is 0 Å². The fraction of sp³-hybridized carbons (Fsp3) is 0.417. The molecule has 0 spiro atoms. The Morgan fingerprint density at radius 1 is 1.31 bits per heavy atom. The zero-order chi connectivity index (χ0) is 12.1. The molecule has 1 aromatic rings. The number of thioether (sulfide) groups is 1. The van der Waals surface area contributed by atoms with E-state index in [1.807, 2.05) is 0 Å². The first kappa shape index (κ1) is 13.1. The summed E-state index contributed by atoms with van der Waals surface area (Å²) in [5.41, 5.74) is 14.4. The molecule has 1 atom stereocenters. The average Bonchev–Trinajstić information content (AvgIpc) is 2.15. The maximum absolute atomic E-state index is 10.7. The molecule has 0 heterocycles. The van der Waals surface area contributed by atoms with Crippen LogP contribution in [0.2, 0.25) is 0 Å². The Morgan fingerprint density at radius 2 is 1.88 bits per heavy atom. The molecule has 0 aliphatic heterocycles. The highest BCUT2D eigenvalue weighted by molar-refractivity contribution is 7.98. The molecule has 3 nitrogen and oxygen atoms in total. The van der Waals surface area contributed by atoms with E-state index in [1.54, 1.807) is 11.8 Å². The highest BCUT2D eigenvalue weighted by Gasteiger charge is 2.08. The van der Waals surface area contributed by atoms with Crippen LogP contribution in [0.25, 0.3) is 0 Å². The minimum atomic E-state index is -0.545. The van der Waals surface area contributed by atoms with Crippen LogP contribution in [0.3, 0.4) is 0 Å². The van der Waals surface area contributed by atoms with E-state index in [1.165, 1.54) is 16.7 Å². The Hall–Kier alpha value is -1.00. The smallest absolute Gasteiger partial charge is 0.235 e. The predicted molar refractivity (Wildman–Crippen MR) is 69.2 cm³/mol. The number of rotatable bonds is 5. The molecule has 0 radical (unpaired) electrons. The van der Waals surface area contributed by atoms with E-state index in [4.69, 9.17) is 11.5 Å². The lowest BCUT2D eigenvalue weighted by molar-refractivity contribution is -0.118. The summed E-state index contributed by atoms with van der Waals surface area (Å²) < 4.78 is 0. The van der Waals surface area contributed by atoms with E-state index in [-0.39, 0.29) is 0 Å². The van der Waals surface area contributed by atoms with Gasteiger partial charge in [-0.1, -0.05) is 29.3 Å². The number of hydrogen-bond acceptors (Lipinski definition) is 3. The van der Waals surface area contributed by atoms with Crippen LogP contribution in [0, 0.1) is 13.8 Å². The first-order valence-electron chi connectivity index (χ1n) is 5.19. The lowest BCUT2D eigenvalue weighted by Crippen LogP contribution is -2.38. The molecule has 0 aliphatic rings. The molecular formula is C12H18N2OS. The van der Waals surface area contributed by atoms with Crippen LogP contribution in [0.1, 0.15) is 16.7 Å². The Bertz CT molecular complexity index is 359. The third kappa shape index (κ3) is 4.24. The molecule has 4 N–H and O–H groups in total. The van der Waals surface area contributed by atoms with E-state index >= 15 is 0 Å². The van der Waals surface area contributed by atoms with Crippen LogP contribution in [0.15, 0.2) is 18.2 Å². The molecule has 1 amide bonds. The van der Waals surface area contributed by atoms with Gasteiger partial charge in [0.05, 0.1) is 6.04 Å². The second-order valence-corrected chi connectivity index (χ2v) is 5.05. The Kier molecular flexibility index (Phi) is 4.83. The van der Waals surface area contributed by atoms with Gasteiger partial charge >= 0.3 is 0 Å². The van der Waals surface area contributed by atoms with E-state index in [0.29, 0.717) is 5.75 Å². The maximum atomic E-state index is 10.7. The summed E-state index contributed by atoms with van der Waals surface area (Å²) in [5, 5.41) is 0. The van der Waals surface area contributed by atoms with Crippen molar-refractivity contribution in [2.45, 2.75) is 25.6 Å². The number of primary amides is 1. The quantitative estimate of drug-likeness (QED) is 0.813. The van der Waals surface area contributed by atoms with E-state index in [2.05, 4.69) is 32.0 Å². The highest BCUT2D eigenvalue weighted by atomic mass is 32.2. The van der Waals surface area contributed by atoms with Crippen LogP contribution in [0.5, 0.6) is 0 Å². The number of amides is 1. The standard InChI is InChI=1S/C12H18N2OS/c1-8-3-9(2)5-10(4-8)6-16-7-11(13)12(14)15/h3-5,11H,6-7,13H2,1-2H3,(H2,14,15). The molecule has 0 aromatic heterocycles. The van der Waals surface area contributed by atoms with Gasteiger partial charge in [0.25, 0.3) is 0 Å². The van der Waals surface area contributed by atoms with Crippen LogP contribution >= 0.6 is 11.8 Å². The van der Waals surface area contributed by atoms with E-state index in [9.17, 15) is 4.79 Å². The molecule has 16 heavy (non-hydrogen) atoms. The number of nitrogens with two attached hydrogens (primary N) is 2. The topological polar surface area (TPSA) is 69.1 Å². The van der Waals surface area contributed by atoms with Gasteiger partial charge in [0.2, 0.25) is 5.91 Å². The lowest BCUT2D eigenvalue weighted by Gasteiger charge is -2.08. The zero-order valence-electron chi connectivity index (χ0n) is 9.69. The molecule has 0 bridgehead atoms. The molecule has 1 aromatic carbocycles. The molecule has 1 unspecified atom stereocenters. The molecule has 4 heteroatoms. The van der Waals surface area contributed by atoms with Crippen molar-refractivity contribution in [1.29, 1.82) is 0 Å². The number of carbonyl (C=O) groups is 1. The van der Waals surface area contributed by atoms with Crippen molar-refractivity contribution in [1.82, 2.24) is 0 Å². The highest BCUT2D eigenvalue weighted by Crippen LogP contribution is 2.16. The van der Waals surface area contributed by atoms with Crippen molar-refractivity contribution in [2.75, 3.05) is 5.75 Å². The summed E-state index contributed by atoms with van der Waals surface area (Å²) in [6.07, 6.45) is 0. The molecule has 0 fully saturated rings. The van der Waals surface area contributed by atoms with Crippen LogP contribution in [0.4, 0.5) is 0 Å². The van der Waals surface area contributed by atoms with E-state index in [0.717, 1.165) is 5.75 Å². The van der Waals surface area contributed by atoms with Gasteiger partial charge in [-0.3, -0.25) is 4.79 Å². The van der Waals surface area contributed by atoms with Crippen LogP contribution in [-0.2, 0) is 10.5 Å². The second-order valence-electron chi connectivity index (χ2n) is 4.02.